The molecule has 1 amide bonds. The first-order valence-corrected chi connectivity index (χ1v) is 7.77. The van der Waals surface area contributed by atoms with E-state index in [-0.39, 0.29) is 11.9 Å². The number of amides is 1. The average Bonchev–Trinajstić information content (AvgIpc) is 2.94. The van der Waals surface area contributed by atoms with Crippen molar-refractivity contribution >= 4 is 22.2 Å². The van der Waals surface area contributed by atoms with Gasteiger partial charge < -0.3 is 10.6 Å². The molecule has 2 aromatic heterocycles. The van der Waals surface area contributed by atoms with Crippen molar-refractivity contribution in [2.24, 2.45) is 5.92 Å². The first kappa shape index (κ1) is 15.0. The summed E-state index contributed by atoms with van der Waals surface area (Å²) in [5.41, 5.74) is 2.14. The fourth-order valence-electron chi connectivity index (χ4n) is 2.30. The second-order valence-corrected chi connectivity index (χ2v) is 6.25. The molecule has 0 aliphatic carbocycles. The number of carbonyl (C=O) groups is 1. The normalized spacial score (nSPS) is 13.1. The van der Waals surface area contributed by atoms with Gasteiger partial charge in [-0.1, -0.05) is 13.8 Å². The van der Waals surface area contributed by atoms with E-state index in [9.17, 15) is 4.79 Å². The first-order chi connectivity index (χ1) is 9.52. The van der Waals surface area contributed by atoms with Gasteiger partial charge in [0.05, 0.1) is 17.4 Å². The Labute approximate surface area is 123 Å². The highest BCUT2D eigenvalue weighted by atomic mass is 32.1. The molecule has 5 nitrogen and oxygen atoms in total. The Bertz CT molecular complexity index is 587. The largest absolute Gasteiger partial charge is 0.358 e. The van der Waals surface area contributed by atoms with Crippen molar-refractivity contribution in [3.05, 3.63) is 23.0 Å². The molecule has 110 valence electrons. The van der Waals surface area contributed by atoms with Crippen LogP contribution in [0.5, 0.6) is 0 Å². The Morgan fingerprint density at radius 3 is 2.90 bits per heavy atom. The van der Waals surface area contributed by atoms with Gasteiger partial charge >= 0.3 is 0 Å². The Balaban J connectivity index is 2.10. The molecule has 0 aliphatic rings. The van der Waals surface area contributed by atoms with Gasteiger partial charge in [-0.25, -0.2) is 4.98 Å². The number of carbonyl (C=O) groups excluding carboxylic acids is 1. The molecule has 2 heterocycles. The van der Waals surface area contributed by atoms with Crippen molar-refractivity contribution in [3.63, 3.8) is 0 Å². The van der Waals surface area contributed by atoms with Crippen LogP contribution >= 0.6 is 11.3 Å². The molecule has 2 N–H and O–H groups in total. The maximum atomic E-state index is 11.9. The second kappa shape index (κ2) is 6.37. The number of imidazole rings is 1. The van der Waals surface area contributed by atoms with Crippen molar-refractivity contribution < 1.29 is 4.79 Å². The lowest BCUT2D eigenvalue weighted by Crippen LogP contribution is -2.43. The molecule has 6 heteroatoms. The molecule has 1 unspecified atom stereocenters. The number of likely N-dealkylation sites (N-methyl/N-ethyl adjacent to an activating group) is 1. The van der Waals surface area contributed by atoms with E-state index in [2.05, 4.69) is 33.9 Å². The fourth-order valence-corrected chi connectivity index (χ4v) is 3.08. The number of hydrogen-bond acceptors (Lipinski definition) is 4. The van der Waals surface area contributed by atoms with Crippen molar-refractivity contribution in [2.75, 3.05) is 7.05 Å². The van der Waals surface area contributed by atoms with E-state index >= 15 is 0 Å². The third-order valence-corrected chi connectivity index (χ3v) is 4.10. The third-order valence-electron chi connectivity index (χ3n) is 3.35. The predicted molar refractivity (Wildman–Crippen MR) is 82.0 cm³/mol. The number of nitrogens with zero attached hydrogens (tertiary/aromatic N) is 2. The molecule has 0 fully saturated rings. The Kier molecular flexibility index (Phi) is 4.77. The predicted octanol–water partition coefficient (Wildman–Crippen LogP) is 1.95. The van der Waals surface area contributed by atoms with Gasteiger partial charge in [0.1, 0.15) is 0 Å². The van der Waals surface area contributed by atoms with E-state index in [1.807, 2.05) is 18.5 Å². The summed E-state index contributed by atoms with van der Waals surface area (Å²) in [5.74, 6) is 0.514. The zero-order chi connectivity index (χ0) is 14.7. The van der Waals surface area contributed by atoms with Crippen LogP contribution in [0.15, 0.2) is 11.6 Å². The van der Waals surface area contributed by atoms with Crippen LogP contribution in [0.4, 0.5) is 0 Å². The number of hydrogen-bond donors (Lipinski definition) is 2. The number of rotatable bonds is 6. The number of fused-ring (bicyclic) bond motifs is 1. The minimum atomic E-state index is -0.163. The molecular formula is C14H22N4OS. The Morgan fingerprint density at radius 1 is 1.50 bits per heavy atom. The first-order valence-electron chi connectivity index (χ1n) is 6.89. The number of aryl methyl sites for hydroxylation is 1. The maximum absolute atomic E-state index is 11.9. The lowest BCUT2D eigenvalue weighted by atomic mass is 10.0. The van der Waals surface area contributed by atoms with Gasteiger partial charge in [-0.05, 0) is 19.3 Å². The van der Waals surface area contributed by atoms with Gasteiger partial charge in [0.2, 0.25) is 5.91 Å². The third kappa shape index (κ3) is 3.19. The second-order valence-electron chi connectivity index (χ2n) is 5.38. The highest BCUT2D eigenvalue weighted by Crippen LogP contribution is 2.17. The summed E-state index contributed by atoms with van der Waals surface area (Å²) in [7, 11) is 1.68. The molecule has 2 rings (SSSR count). The lowest BCUT2D eigenvalue weighted by molar-refractivity contribution is -0.123. The van der Waals surface area contributed by atoms with Crippen molar-refractivity contribution in [1.29, 1.82) is 0 Å². The minimum Gasteiger partial charge on any atom is -0.358 e. The van der Waals surface area contributed by atoms with Crippen molar-refractivity contribution in [2.45, 2.75) is 39.8 Å². The molecule has 0 aliphatic heterocycles. The fraction of sp³-hybridized carbons (Fsp3) is 0.571. The van der Waals surface area contributed by atoms with Gasteiger partial charge in [0, 0.05) is 25.2 Å². The number of aromatic nitrogens is 2. The van der Waals surface area contributed by atoms with Gasteiger partial charge in [-0.2, -0.15) is 0 Å². The Hall–Kier alpha value is -1.40. The van der Waals surface area contributed by atoms with E-state index in [1.54, 1.807) is 18.4 Å². The van der Waals surface area contributed by atoms with Crippen LogP contribution in [0.1, 0.15) is 31.7 Å². The van der Waals surface area contributed by atoms with Crippen molar-refractivity contribution in [1.82, 2.24) is 20.0 Å². The highest BCUT2D eigenvalue weighted by Gasteiger charge is 2.19. The molecule has 0 saturated heterocycles. The van der Waals surface area contributed by atoms with E-state index in [1.165, 1.54) is 0 Å². The summed E-state index contributed by atoms with van der Waals surface area (Å²) in [6.45, 7) is 6.90. The quantitative estimate of drug-likeness (QED) is 0.856. The summed E-state index contributed by atoms with van der Waals surface area (Å²) >= 11 is 1.62. The van der Waals surface area contributed by atoms with Crippen LogP contribution in [0, 0.1) is 12.8 Å². The van der Waals surface area contributed by atoms with Crippen LogP contribution in [-0.4, -0.2) is 28.4 Å². The van der Waals surface area contributed by atoms with Crippen LogP contribution in [-0.2, 0) is 11.3 Å². The van der Waals surface area contributed by atoms with Gasteiger partial charge in [-0.15, -0.1) is 11.3 Å². The minimum absolute atomic E-state index is 0.0439. The van der Waals surface area contributed by atoms with Crippen molar-refractivity contribution in [3.8, 4) is 0 Å². The summed E-state index contributed by atoms with van der Waals surface area (Å²) in [4.78, 5) is 17.4. The monoisotopic (exact) mass is 294 g/mol. The lowest BCUT2D eigenvalue weighted by Gasteiger charge is -2.19. The summed E-state index contributed by atoms with van der Waals surface area (Å²) < 4.78 is 2.09. The zero-order valence-corrected chi connectivity index (χ0v) is 13.3. The van der Waals surface area contributed by atoms with E-state index in [4.69, 9.17) is 0 Å². The topological polar surface area (TPSA) is 58.4 Å². The smallest absolute Gasteiger partial charge is 0.236 e. The summed E-state index contributed by atoms with van der Waals surface area (Å²) in [6.07, 6.45) is 2.85. The van der Waals surface area contributed by atoms with Gasteiger partial charge in [-0.3, -0.25) is 9.20 Å². The Morgan fingerprint density at radius 2 is 2.25 bits per heavy atom. The van der Waals surface area contributed by atoms with Crippen LogP contribution in [0.3, 0.4) is 0 Å². The van der Waals surface area contributed by atoms with Crippen LogP contribution in [0.25, 0.3) is 4.96 Å². The number of nitrogens with one attached hydrogen (secondary N) is 2. The molecule has 0 spiro atoms. The van der Waals surface area contributed by atoms with Gasteiger partial charge in [0.25, 0.3) is 0 Å². The molecule has 0 saturated carbocycles. The maximum Gasteiger partial charge on any atom is 0.236 e. The highest BCUT2D eigenvalue weighted by molar-refractivity contribution is 7.15. The molecule has 1 atom stereocenters. The summed E-state index contributed by atoms with van der Waals surface area (Å²) in [6, 6.07) is -0.163. The molecular weight excluding hydrogens is 272 g/mol. The standard InChI is InChI=1S/C14H22N4OS/c1-9(2)7-11(13(19)15-4)16-8-12-10(3)17-14-18(12)5-6-20-14/h5-6,9,11,16H,7-8H2,1-4H3,(H,15,19). The molecule has 0 radical (unpaired) electrons. The van der Waals surface area contributed by atoms with E-state index in [0.717, 1.165) is 22.8 Å². The molecule has 20 heavy (non-hydrogen) atoms. The van der Waals surface area contributed by atoms with Crippen LogP contribution < -0.4 is 10.6 Å². The SMILES string of the molecule is CNC(=O)C(CC(C)C)NCc1c(C)nc2sccn12. The van der Waals surface area contributed by atoms with Gasteiger partial charge in [0.15, 0.2) is 4.96 Å². The van der Waals surface area contributed by atoms with E-state index < -0.39 is 0 Å². The average molecular weight is 294 g/mol. The molecule has 2 aromatic rings. The zero-order valence-electron chi connectivity index (χ0n) is 12.4. The van der Waals surface area contributed by atoms with E-state index in [0.29, 0.717) is 12.5 Å². The molecule has 0 bridgehead atoms. The molecule has 0 aromatic carbocycles. The summed E-state index contributed by atoms with van der Waals surface area (Å²) in [5, 5.41) is 8.11. The number of thiazole rings is 1. The van der Waals surface area contributed by atoms with Crippen LogP contribution in [0.2, 0.25) is 0 Å².